The van der Waals surface area contributed by atoms with Crippen LogP contribution < -0.4 is 11.1 Å². The number of carbonyl (C=O) groups excluding carboxylic acids is 1. The Morgan fingerprint density at radius 1 is 1.10 bits per heavy atom. The fraction of sp³-hybridized carbons (Fsp3) is 0.606. The van der Waals surface area contributed by atoms with Crippen LogP contribution in [-0.2, 0) is 16.0 Å². The highest BCUT2D eigenvalue weighted by Crippen LogP contribution is 2.29. The van der Waals surface area contributed by atoms with Crippen molar-refractivity contribution in [3.8, 4) is 0 Å². The quantitative estimate of drug-likeness (QED) is 0.273. The van der Waals surface area contributed by atoms with Crippen LogP contribution in [0.3, 0.4) is 0 Å². The summed E-state index contributed by atoms with van der Waals surface area (Å²) >= 11 is 6.20. The molecule has 2 aromatic carbocycles. The predicted octanol–water partition coefficient (Wildman–Crippen LogP) is 6.66. The Morgan fingerprint density at radius 3 is 2.44 bits per heavy atom. The highest BCUT2D eigenvalue weighted by molar-refractivity contribution is 6.30. The summed E-state index contributed by atoms with van der Waals surface area (Å²) in [5.74, 6) is 0.539. The number of aryl methyl sites for hydroxylation is 2. The van der Waals surface area contributed by atoms with Crippen molar-refractivity contribution in [3.05, 3.63) is 69.7 Å². The number of hydrogen-bond acceptors (Lipinski definition) is 4. The van der Waals surface area contributed by atoms with Gasteiger partial charge in [0.1, 0.15) is 0 Å². The van der Waals surface area contributed by atoms with E-state index in [0.29, 0.717) is 17.0 Å². The third-order valence-electron chi connectivity index (χ3n) is 8.20. The number of halogens is 1. The smallest absolute Gasteiger partial charge is 0.226 e. The van der Waals surface area contributed by atoms with Crippen LogP contribution in [0.25, 0.3) is 0 Å². The first kappa shape index (κ1) is 31.6. The number of nitrogens with two attached hydrogens (primary N) is 1. The molecule has 1 heterocycles. The number of benzene rings is 2. The van der Waals surface area contributed by atoms with E-state index >= 15 is 0 Å². The van der Waals surface area contributed by atoms with E-state index < -0.39 is 0 Å². The van der Waals surface area contributed by atoms with Gasteiger partial charge in [-0.3, -0.25) is 4.79 Å². The molecule has 6 heteroatoms. The van der Waals surface area contributed by atoms with Crippen LogP contribution in [0.15, 0.2) is 42.5 Å². The zero-order chi connectivity index (χ0) is 28.4. The lowest BCUT2D eigenvalue weighted by Gasteiger charge is -2.32. The first-order valence-corrected chi connectivity index (χ1v) is 15.3. The maximum atomic E-state index is 13.9. The molecule has 2 unspecified atom stereocenters. The molecule has 0 aliphatic carbocycles. The Kier molecular flexibility index (Phi) is 12.8. The average Bonchev–Trinajstić information content (AvgIpc) is 2.93. The van der Waals surface area contributed by atoms with Crippen LogP contribution in [0, 0.1) is 18.8 Å². The Bertz CT molecular complexity index is 1020. The number of carbonyl (C=O) groups is 1. The normalized spacial score (nSPS) is 16.7. The molecule has 0 aromatic heterocycles. The summed E-state index contributed by atoms with van der Waals surface area (Å²) in [7, 11) is 0. The summed E-state index contributed by atoms with van der Waals surface area (Å²) in [4.78, 5) is 16.0. The summed E-state index contributed by atoms with van der Waals surface area (Å²) in [6.45, 7) is 14.6. The van der Waals surface area contributed by atoms with Crippen molar-refractivity contribution in [3.63, 3.8) is 0 Å². The SMILES string of the molecule is CCCN(CCCc1ccc(C)cc1C(N)C(C)C)C(=O)[C@@H](C)C(CNC1CCOCC1)c1ccc(Cl)cc1. The van der Waals surface area contributed by atoms with Crippen LogP contribution in [0.4, 0.5) is 0 Å². The molecule has 3 atom stereocenters. The van der Waals surface area contributed by atoms with E-state index in [-0.39, 0.29) is 23.8 Å². The highest BCUT2D eigenvalue weighted by atomic mass is 35.5. The molecule has 39 heavy (non-hydrogen) atoms. The van der Waals surface area contributed by atoms with Gasteiger partial charge in [-0.1, -0.05) is 75.2 Å². The molecular weight excluding hydrogens is 506 g/mol. The molecule has 216 valence electrons. The van der Waals surface area contributed by atoms with E-state index in [0.717, 1.165) is 70.5 Å². The second kappa shape index (κ2) is 15.8. The molecule has 1 saturated heterocycles. The molecule has 1 aliphatic rings. The third-order valence-corrected chi connectivity index (χ3v) is 8.45. The number of ether oxygens (including phenoxy) is 1. The average molecular weight is 556 g/mol. The summed E-state index contributed by atoms with van der Waals surface area (Å²) < 4.78 is 5.53. The van der Waals surface area contributed by atoms with E-state index in [1.807, 2.05) is 12.1 Å². The zero-order valence-electron chi connectivity index (χ0n) is 24.7. The van der Waals surface area contributed by atoms with Crippen LogP contribution in [0.5, 0.6) is 0 Å². The fourth-order valence-electron chi connectivity index (χ4n) is 5.62. The van der Waals surface area contributed by atoms with Crippen LogP contribution in [0.1, 0.15) is 87.6 Å². The van der Waals surface area contributed by atoms with Gasteiger partial charge in [0, 0.05) is 61.8 Å². The van der Waals surface area contributed by atoms with Gasteiger partial charge in [-0.2, -0.15) is 0 Å². The van der Waals surface area contributed by atoms with Crippen molar-refractivity contribution in [2.45, 2.75) is 84.7 Å². The van der Waals surface area contributed by atoms with E-state index in [1.54, 1.807) is 0 Å². The summed E-state index contributed by atoms with van der Waals surface area (Å²) in [6.07, 6.45) is 4.81. The van der Waals surface area contributed by atoms with Crippen molar-refractivity contribution < 1.29 is 9.53 Å². The lowest BCUT2D eigenvalue weighted by Crippen LogP contribution is -2.43. The molecule has 1 amide bonds. The molecular formula is C33H50ClN3O2. The minimum Gasteiger partial charge on any atom is -0.381 e. The van der Waals surface area contributed by atoms with Crippen LogP contribution in [0.2, 0.25) is 5.02 Å². The van der Waals surface area contributed by atoms with E-state index in [2.05, 4.69) is 75.2 Å². The van der Waals surface area contributed by atoms with Crippen molar-refractivity contribution >= 4 is 17.5 Å². The lowest BCUT2D eigenvalue weighted by atomic mass is 9.85. The molecule has 1 aliphatic heterocycles. The van der Waals surface area contributed by atoms with E-state index in [1.165, 1.54) is 16.7 Å². The number of amides is 1. The maximum Gasteiger partial charge on any atom is 0.226 e. The fourth-order valence-corrected chi connectivity index (χ4v) is 5.75. The topological polar surface area (TPSA) is 67.6 Å². The number of hydrogen-bond donors (Lipinski definition) is 2. The van der Waals surface area contributed by atoms with Crippen molar-refractivity contribution in [1.29, 1.82) is 0 Å². The monoisotopic (exact) mass is 555 g/mol. The molecule has 3 rings (SSSR count). The summed E-state index contributed by atoms with van der Waals surface area (Å²) in [5.41, 5.74) is 11.5. The predicted molar refractivity (Wildman–Crippen MR) is 163 cm³/mol. The Hall–Kier alpha value is -1.92. The number of nitrogens with one attached hydrogen (secondary N) is 1. The van der Waals surface area contributed by atoms with Crippen molar-refractivity contribution in [2.24, 2.45) is 17.6 Å². The molecule has 0 bridgehead atoms. The van der Waals surface area contributed by atoms with Crippen molar-refractivity contribution in [1.82, 2.24) is 10.2 Å². The van der Waals surface area contributed by atoms with Gasteiger partial charge in [0.2, 0.25) is 5.91 Å². The number of rotatable bonds is 14. The van der Waals surface area contributed by atoms with Gasteiger partial charge in [-0.15, -0.1) is 0 Å². The van der Waals surface area contributed by atoms with Crippen LogP contribution in [-0.4, -0.2) is 49.7 Å². The number of nitrogens with zero attached hydrogens (tertiary/aromatic N) is 1. The Balaban J connectivity index is 1.70. The zero-order valence-corrected chi connectivity index (χ0v) is 25.5. The Morgan fingerprint density at radius 2 is 1.79 bits per heavy atom. The second-order valence-electron chi connectivity index (χ2n) is 11.6. The lowest BCUT2D eigenvalue weighted by molar-refractivity contribution is -0.135. The molecule has 0 radical (unpaired) electrons. The molecule has 3 N–H and O–H groups in total. The van der Waals surface area contributed by atoms with Gasteiger partial charge in [0.25, 0.3) is 0 Å². The molecule has 2 aromatic rings. The Labute approximate surface area is 241 Å². The maximum absolute atomic E-state index is 13.9. The minimum absolute atomic E-state index is 0.0247. The largest absolute Gasteiger partial charge is 0.381 e. The molecule has 5 nitrogen and oxygen atoms in total. The highest BCUT2D eigenvalue weighted by Gasteiger charge is 2.30. The van der Waals surface area contributed by atoms with Crippen molar-refractivity contribution in [2.75, 3.05) is 32.8 Å². The molecule has 1 fully saturated rings. The third kappa shape index (κ3) is 9.31. The summed E-state index contributed by atoms with van der Waals surface area (Å²) in [6, 6.07) is 15.1. The second-order valence-corrected chi connectivity index (χ2v) is 12.1. The van der Waals surface area contributed by atoms with E-state index in [9.17, 15) is 4.79 Å². The molecule has 0 spiro atoms. The van der Waals surface area contributed by atoms with Gasteiger partial charge in [-0.25, -0.2) is 0 Å². The van der Waals surface area contributed by atoms with Gasteiger partial charge >= 0.3 is 0 Å². The van der Waals surface area contributed by atoms with Gasteiger partial charge in [-0.05, 0) is 73.8 Å². The summed E-state index contributed by atoms with van der Waals surface area (Å²) in [5, 5.41) is 4.46. The first-order chi connectivity index (χ1) is 18.7. The van der Waals surface area contributed by atoms with Gasteiger partial charge in [0.15, 0.2) is 0 Å². The standard InChI is InChI=1S/C33H50ClN3O2/c1-6-17-37(18-7-8-26-10-9-24(4)21-30(26)32(35)23(2)3)33(38)25(5)31(27-11-13-28(34)14-12-27)22-36-29-15-19-39-20-16-29/h9-14,21,23,25,29,31-32,36H,6-8,15-20,22,35H2,1-5H3/t25-,31?,32?/m0/s1. The first-order valence-electron chi connectivity index (χ1n) is 14.9. The van der Waals surface area contributed by atoms with Gasteiger partial charge in [0.05, 0.1) is 0 Å². The van der Waals surface area contributed by atoms with Gasteiger partial charge < -0.3 is 20.7 Å². The molecule has 0 saturated carbocycles. The van der Waals surface area contributed by atoms with Crippen LogP contribution >= 0.6 is 11.6 Å². The minimum atomic E-state index is -0.144. The van der Waals surface area contributed by atoms with E-state index in [4.69, 9.17) is 22.1 Å².